The highest BCUT2D eigenvalue weighted by atomic mass is 32.2. The number of benzene rings is 2. The van der Waals surface area contributed by atoms with Crippen molar-refractivity contribution in [3.8, 4) is 5.75 Å². The van der Waals surface area contributed by atoms with Crippen molar-refractivity contribution in [2.24, 2.45) is 0 Å². The number of phenolic OH excluding ortho intramolecular Hbond substituents is 1. The number of alkyl halides is 3. The van der Waals surface area contributed by atoms with Crippen LogP contribution in [-0.2, 0) is 0 Å². The molecule has 102 valence electrons. The fourth-order valence-corrected chi connectivity index (χ4v) is 3.31. The fraction of sp³-hybridized carbons (Fsp3) is 0.231. The van der Waals surface area contributed by atoms with Crippen molar-refractivity contribution in [3.63, 3.8) is 0 Å². The van der Waals surface area contributed by atoms with Gasteiger partial charge in [0.15, 0.2) is 0 Å². The fourth-order valence-electron chi connectivity index (χ4n) is 1.69. The van der Waals surface area contributed by atoms with Crippen LogP contribution in [0.2, 0.25) is 0 Å². The maximum atomic E-state index is 12.0. The Labute approximate surface area is 117 Å². The minimum absolute atomic E-state index is 0.00886. The Kier molecular flexibility index (Phi) is 4.52. The highest BCUT2D eigenvalue weighted by molar-refractivity contribution is 8.03. The van der Waals surface area contributed by atoms with E-state index >= 15 is 0 Å². The smallest absolute Gasteiger partial charge is 0.441 e. The number of phenols is 1. The predicted molar refractivity (Wildman–Crippen MR) is 74.8 cm³/mol. The van der Waals surface area contributed by atoms with Crippen LogP contribution in [0.3, 0.4) is 0 Å². The first-order chi connectivity index (χ1) is 8.97. The van der Waals surface area contributed by atoms with Crippen LogP contribution in [0.5, 0.6) is 5.75 Å². The van der Waals surface area contributed by atoms with Crippen molar-refractivity contribution in [2.45, 2.75) is 10.4 Å². The molecule has 0 fully saturated rings. The molecule has 0 aromatic heterocycles. The SMILES string of the molecule is Oc1ccc(SCCSC(F)(F)F)c2ccccc12. The lowest BCUT2D eigenvalue weighted by molar-refractivity contribution is -0.0326. The quantitative estimate of drug-likeness (QED) is 0.641. The third kappa shape index (κ3) is 3.98. The standard InChI is InChI=1S/C13H11F3OS2/c14-13(15,16)19-8-7-18-12-6-5-11(17)9-3-1-2-4-10(9)12/h1-6,17H,7-8H2. The molecule has 2 aromatic rings. The highest BCUT2D eigenvalue weighted by Crippen LogP contribution is 2.35. The molecular formula is C13H11F3OS2. The maximum absolute atomic E-state index is 12.0. The summed E-state index contributed by atoms with van der Waals surface area (Å²) in [5.74, 6) is 0.576. The summed E-state index contributed by atoms with van der Waals surface area (Å²) in [6.07, 6.45) is 0. The lowest BCUT2D eigenvalue weighted by atomic mass is 10.1. The van der Waals surface area contributed by atoms with E-state index in [1.165, 1.54) is 11.8 Å². The molecule has 2 rings (SSSR count). The van der Waals surface area contributed by atoms with Crippen LogP contribution in [0.15, 0.2) is 41.3 Å². The summed E-state index contributed by atoms with van der Waals surface area (Å²) in [6.45, 7) is 0. The average Bonchev–Trinajstić information content (AvgIpc) is 2.36. The molecule has 1 N–H and O–H groups in total. The van der Waals surface area contributed by atoms with Gasteiger partial charge >= 0.3 is 5.51 Å². The molecule has 0 saturated carbocycles. The first-order valence-corrected chi connectivity index (χ1v) is 7.49. The number of rotatable bonds is 4. The van der Waals surface area contributed by atoms with E-state index in [-0.39, 0.29) is 23.3 Å². The molecule has 0 spiro atoms. The van der Waals surface area contributed by atoms with Gasteiger partial charge in [0.2, 0.25) is 0 Å². The molecule has 0 aliphatic carbocycles. The van der Waals surface area contributed by atoms with Crippen molar-refractivity contribution in [2.75, 3.05) is 11.5 Å². The van der Waals surface area contributed by atoms with Crippen LogP contribution in [0.1, 0.15) is 0 Å². The number of halogens is 3. The topological polar surface area (TPSA) is 20.2 Å². The Balaban J connectivity index is 2.07. The molecule has 0 unspecified atom stereocenters. The Bertz CT molecular complexity index is 569. The predicted octanol–water partition coefficient (Wildman–Crippen LogP) is 4.89. The van der Waals surface area contributed by atoms with Crippen LogP contribution in [-0.4, -0.2) is 22.1 Å². The van der Waals surface area contributed by atoms with Gasteiger partial charge < -0.3 is 5.11 Å². The number of thioether (sulfide) groups is 2. The summed E-state index contributed by atoms with van der Waals surface area (Å²) in [7, 11) is 0. The van der Waals surface area contributed by atoms with E-state index in [0.29, 0.717) is 5.75 Å². The van der Waals surface area contributed by atoms with E-state index < -0.39 is 5.51 Å². The van der Waals surface area contributed by atoms with Crippen LogP contribution in [0, 0.1) is 0 Å². The van der Waals surface area contributed by atoms with Crippen molar-refractivity contribution in [3.05, 3.63) is 36.4 Å². The van der Waals surface area contributed by atoms with Gasteiger partial charge in [0.25, 0.3) is 0 Å². The molecule has 0 bridgehead atoms. The van der Waals surface area contributed by atoms with Gasteiger partial charge in [0, 0.05) is 21.8 Å². The number of aromatic hydroxyl groups is 1. The largest absolute Gasteiger partial charge is 0.507 e. The molecule has 6 heteroatoms. The van der Waals surface area contributed by atoms with Crippen LogP contribution < -0.4 is 0 Å². The maximum Gasteiger partial charge on any atom is 0.441 e. The number of hydrogen-bond donors (Lipinski definition) is 1. The molecular weight excluding hydrogens is 293 g/mol. The Morgan fingerprint density at radius 1 is 0.947 bits per heavy atom. The summed E-state index contributed by atoms with van der Waals surface area (Å²) in [5.41, 5.74) is -4.17. The first kappa shape index (κ1) is 14.4. The van der Waals surface area contributed by atoms with E-state index in [0.717, 1.165) is 15.7 Å². The van der Waals surface area contributed by atoms with Crippen molar-refractivity contribution in [1.29, 1.82) is 0 Å². The lowest BCUT2D eigenvalue weighted by Crippen LogP contribution is -2.02. The van der Waals surface area contributed by atoms with E-state index in [2.05, 4.69) is 0 Å². The summed E-state index contributed by atoms with van der Waals surface area (Å²) >= 11 is 1.36. The second kappa shape index (κ2) is 5.96. The molecule has 0 radical (unpaired) electrons. The van der Waals surface area contributed by atoms with Crippen molar-refractivity contribution in [1.82, 2.24) is 0 Å². The van der Waals surface area contributed by atoms with E-state index in [4.69, 9.17) is 0 Å². The average molecular weight is 304 g/mol. The minimum atomic E-state index is -4.17. The van der Waals surface area contributed by atoms with Crippen molar-refractivity contribution >= 4 is 34.3 Å². The highest BCUT2D eigenvalue weighted by Gasteiger charge is 2.27. The molecule has 0 aliphatic heterocycles. The van der Waals surface area contributed by atoms with Gasteiger partial charge in [-0.25, -0.2) is 0 Å². The zero-order valence-corrected chi connectivity index (χ0v) is 11.4. The second-order valence-corrected chi connectivity index (χ2v) is 6.07. The van der Waals surface area contributed by atoms with Gasteiger partial charge in [-0.1, -0.05) is 36.0 Å². The molecule has 1 nitrogen and oxygen atoms in total. The molecule has 19 heavy (non-hydrogen) atoms. The number of hydrogen-bond acceptors (Lipinski definition) is 3. The Morgan fingerprint density at radius 3 is 2.32 bits per heavy atom. The van der Waals surface area contributed by atoms with E-state index in [1.54, 1.807) is 18.2 Å². The van der Waals surface area contributed by atoms with Gasteiger partial charge in [-0.05, 0) is 17.5 Å². The normalized spacial score (nSPS) is 11.9. The van der Waals surface area contributed by atoms with Gasteiger partial charge in [-0.3, -0.25) is 0 Å². The van der Waals surface area contributed by atoms with Crippen LogP contribution in [0.25, 0.3) is 10.8 Å². The minimum Gasteiger partial charge on any atom is -0.507 e. The molecule has 0 saturated heterocycles. The third-order valence-corrected chi connectivity index (χ3v) is 4.54. The zero-order valence-electron chi connectivity index (χ0n) is 9.78. The van der Waals surface area contributed by atoms with Gasteiger partial charge in [0.05, 0.1) is 0 Å². The summed E-state index contributed by atoms with van der Waals surface area (Å²) in [6, 6.07) is 10.6. The second-order valence-electron chi connectivity index (χ2n) is 3.77. The first-order valence-electron chi connectivity index (χ1n) is 5.51. The van der Waals surface area contributed by atoms with Gasteiger partial charge in [-0.2, -0.15) is 13.2 Å². The summed E-state index contributed by atoms with van der Waals surface area (Å²) < 4.78 is 36.0. The summed E-state index contributed by atoms with van der Waals surface area (Å²) in [5, 5.41) is 11.3. The summed E-state index contributed by atoms with van der Waals surface area (Å²) in [4.78, 5) is 0.885. The van der Waals surface area contributed by atoms with Gasteiger partial charge in [-0.15, -0.1) is 11.8 Å². The van der Waals surface area contributed by atoms with E-state index in [1.807, 2.05) is 18.2 Å². The van der Waals surface area contributed by atoms with Crippen molar-refractivity contribution < 1.29 is 18.3 Å². The lowest BCUT2D eigenvalue weighted by Gasteiger charge is -2.08. The third-order valence-electron chi connectivity index (χ3n) is 2.47. The molecule has 0 amide bonds. The molecule has 0 atom stereocenters. The molecule has 0 heterocycles. The van der Waals surface area contributed by atoms with E-state index in [9.17, 15) is 18.3 Å². The zero-order chi connectivity index (χ0) is 13.9. The monoisotopic (exact) mass is 304 g/mol. The van der Waals surface area contributed by atoms with Crippen LogP contribution in [0.4, 0.5) is 13.2 Å². The Morgan fingerprint density at radius 2 is 1.63 bits per heavy atom. The Hall–Kier alpha value is -1.01. The molecule has 2 aromatic carbocycles. The molecule has 0 aliphatic rings. The number of fused-ring (bicyclic) bond motifs is 1. The van der Waals surface area contributed by atoms with Gasteiger partial charge in [0.1, 0.15) is 5.75 Å². The van der Waals surface area contributed by atoms with Crippen LogP contribution >= 0.6 is 23.5 Å².